The maximum absolute atomic E-state index is 13.1. The van der Waals surface area contributed by atoms with E-state index in [1.165, 1.54) is 24.3 Å². The van der Waals surface area contributed by atoms with E-state index < -0.39 is 17.7 Å². The maximum Gasteiger partial charge on any atom is 0.341 e. The van der Waals surface area contributed by atoms with Crippen LogP contribution in [0, 0.1) is 5.82 Å². The number of carbonyl (C=O) groups excluding carboxylic acids is 2. The number of esters is 1. The molecule has 0 spiro atoms. The van der Waals surface area contributed by atoms with Gasteiger partial charge in [-0.15, -0.1) is 0 Å². The highest BCUT2D eigenvalue weighted by atomic mass is 35.5. The summed E-state index contributed by atoms with van der Waals surface area (Å²) in [5, 5.41) is 2.96. The molecule has 0 bridgehead atoms. The van der Waals surface area contributed by atoms with E-state index in [4.69, 9.17) is 16.3 Å². The van der Waals surface area contributed by atoms with Gasteiger partial charge < -0.3 is 10.1 Å². The number of allylic oxidation sites excluding steroid dienone is 1. The molecule has 4 nitrogen and oxygen atoms in total. The maximum atomic E-state index is 13.1. The molecule has 0 radical (unpaired) electrons. The second-order valence-corrected chi connectivity index (χ2v) is 5.74. The van der Waals surface area contributed by atoms with Crippen molar-refractivity contribution in [3.63, 3.8) is 0 Å². The van der Waals surface area contributed by atoms with Gasteiger partial charge in [-0.3, -0.25) is 4.79 Å². The molecule has 0 aromatic heterocycles. The number of ether oxygens (including phenoxy) is 1. The molecule has 0 aliphatic carbocycles. The Bertz CT molecular complexity index is 903. The van der Waals surface area contributed by atoms with Crippen molar-refractivity contribution in [2.24, 2.45) is 0 Å². The summed E-state index contributed by atoms with van der Waals surface area (Å²) in [5.74, 6) is -1.24. The van der Waals surface area contributed by atoms with Crippen LogP contribution in [0.15, 0.2) is 66.4 Å². The van der Waals surface area contributed by atoms with Gasteiger partial charge in [0.25, 0.3) is 5.91 Å². The summed E-state index contributed by atoms with van der Waals surface area (Å²) in [5.41, 5.74) is 1.58. The SMILES string of the molecule is C=C1OC(=O)C(CNC(=O)c2ccccc2Cl)=C1c1ccc(F)cc1. The van der Waals surface area contributed by atoms with Gasteiger partial charge in [0, 0.05) is 5.57 Å². The fraction of sp³-hybridized carbons (Fsp3) is 0.0526. The Hall–Kier alpha value is -2.92. The van der Waals surface area contributed by atoms with Crippen molar-refractivity contribution in [1.29, 1.82) is 0 Å². The number of hydrogen-bond acceptors (Lipinski definition) is 3. The molecule has 3 rings (SSSR count). The zero-order valence-electron chi connectivity index (χ0n) is 13.0. The molecular formula is C19H13ClFNO3. The predicted molar refractivity (Wildman–Crippen MR) is 92.3 cm³/mol. The highest BCUT2D eigenvalue weighted by Gasteiger charge is 2.29. The molecule has 0 atom stereocenters. The first kappa shape index (κ1) is 16.9. The highest BCUT2D eigenvalue weighted by Crippen LogP contribution is 2.33. The Kier molecular flexibility index (Phi) is 4.67. The summed E-state index contributed by atoms with van der Waals surface area (Å²) < 4.78 is 18.2. The zero-order chi connectivity index (χ0) is 18.0. The van der Waals surface area contributed by atoms with Crippen molar-refractivity contribution < 1.29 is 18.7 Å². The summed E-state index contributed by atoms with van der Waals surface area (Å²) in [6.45, 7) is 3.65. The number of cyclic esters (lactones) is 1. The average molecular weight is 358 g/mol. The van der Waals surface area contributed by atoms with E-state index in [0.717, 1.165) is 0 Å². The van der Waals surface area contributed by atoms with Gasteiger partial charge in [-0.05, 0) is 29.8 Å². The number of halogens is 2. The standard InChI is InChI=1S/C19H13ClFNO3/c1-11-17(12-6-8-13(21)9-7-12)15(19(24)25-11)10-22-18(23)14-4-2-3-5-16(14)20/h2-9H,1,10H2,(H,22,23). The van der Waals surface area contributed by atoms with Crippen LogP contribution in [-0.2, 0) is 9.53 Å². The van der Waals surface area contributed by atoms with Gasteiger partial charge in [0.1, 0.15) is 11.6 Å². The van der Waals surface area contributed by atoms with E-state index in [1.807, 2.05) is 0 Å². The number of nitrogens with one attached hydrogen (secondary N) is 1. The minimum absolute atomic E-state index is 0.0609. The van der Waals surface area contributed by atoms with Crippen molar-refractivity contribution in [2.45, 2.75) is 0 Å². The highest BCUT2D eigenvalue weighted by molar-refractivity contribution is 6.33. The lowest BCUT2D eigenvalue weighted by Crippen LogP contribution is -2.27. The van der Waals surface area contributed by atoms with Crippen molar-refractivity contribution in [3.05, 3.63) is 88.4 Å². The summed E-state index contributed by atoms with van der Waals surface area (Å²) in [7, 11) is 0. The number of benzene rings is 2. The van der Waals surface area contributed by atoms with Gasteiger partial charge in [-0.1, -0.05) is 42.4 Å². The lowest BCUT2D eigenvalue weighted by Gasteiger charge is -2.08. The van der Waals surface area contributed by atoms with Crippen LogP contribution in [0.3, 0.4) is 0 Å². The van der Waals surface area contributed by atoms with Crippen LogP contribution < -0.4 is 5.32 Å². The van der Waals surface area contributed by atoms with Gasteiger partial charge in [0.2, 0.25) is 0 Å². The first-order valence-electron chi connectivity index (χ1n) is 7.40. The third-order valence-electron chi connectivity index (χ3n) is 3.72. The molecule has 0 saturated heterocycles. The van der Waals surface area contributed by atoms with Crippen LogP contribution >= 0.6 is 11.6 Å². The monoisotopic (exact) mass is 357 g/mol. The molecule has 1 N–H and O–H groups in total. The van der Waals surface area contributed by atoms with Gasteiger partial charge in [-0.2, -0.15) is 0 Å². The summed E-state index contributed by atoms with van der Waals surface area (Å²) in [4.78, 5) is 24.3. The molecule has 1 heterocycles. The van der Waals surface area contributed by atoms with E-state index in [-0.39, 0.29) is 17.9 Å². The molecule has 0 unspecified atom stereocenters. The fourth-order valence-electron chi connectivity index (χ4n) is 2.52. The third kappa shape index (κ3) is 3.46. The fourth-order valence-corrected chi connectivity index (χ4v) is 2.74. The van der Waals surface area contributed by atoms with E-state index in [1.54, 1.807) is 24.3 Å². The molecule has 0 saturated carbocycles. The Morgan fingerprint density at radius 2 is 1.84 bits per heavy atom. The largest absolute Gasteiger partial charge is 0.423 e. The number of rotatable bonds is 4. The zero-order valence-corrected chi connectivity index (χ0v) is 13.8. The molecule has 1 aliphatic heterocycles. The number of carbonyl (C=O) groups is 2. The Balaban J connectivity index is 1.86. The van der Waals surface area contributed by atoms with Crippen molar-refractivity contribution in [3.8, 4) is 0 Å². The van der Waals surface area contributed by atoms with Crippen molar-refractivity contribution in [2.75, 3.05) is 6.54 Å². The smallest absolute Gasteiger partial charge is 0.341 e. The minimum atomic E-state index is -0.594. The Morgan fingerprint density at radius 3 is 2.52 bits per heavy atom. The second-order valence-electron chi connectivity index (χ2n) is 5.34. The van der Waals surface area contributed by atoms with E-state index in [0.29, 0.717) is 21.7 Å². The average Bonchev–Trinajstić information content (AvgIpc) is 2.87. The number of amides is 1. The first-order chi connectivity index (χ1) is 12.0. The van der Waals surface area contributed by atoms with E-state index in [9.17, 15) is 14.0 Å². The predicted octanol–water partition coefficient (Wildman–Crippen LogP) is 3.73. The van der Waals surface area contributed by atoms with Crippen LogP contribution in [0.1, 0.15) is 15.9 Å². The Labute approximate surface area is 148 Å². The molecule has 126 valence electrons. The molecule has 6 heteroatoms. The van der Waals surface area contributed by atoms with Crippen LogP contribution in [-0.4, -0.2) is 18.4 Å². The molecule has 1 amide bonds. The lowest BCUT2D eigenvalue weighted by atomic mass is 10.00. The van der Waals surface area contributed by atoms with Crippen LogP contribution in [0.25, 0.3) is 5.57 Å². The molecule has 25 heavy (non-hydrogen) atoms. The van der Waals surface area contributed by atoms with E-state index in [2.05, 4.69) is 11.9 Å². The van der Waals surface area contributed by atoms with Gasteiger partial charge >= 0.3 is 5.97 Å². The second kappa shape index (κ2) is 6.91. The summed E-state index contributed by atoms with van der Waals surface area (Å²) in [6, 6.07) is 12.2. The molecule has 2 aromatic carbocycles. The van der Waals surface area contributed by atoms with Crippen LogP contribution in [0.2, 0.25) is 5.02 Å². The summed E-state index contributed by atoms with van der Waals surface area (Å²) in [6.07, 6.45) is 0. The number of hydrogen-bond donors (Lipinski definition) is 1. The topological polar surface area (TPSA) is 55.4 Å². The molecule has 1 aliphatic rings. The quantitative estimate of drug-likeness (QED) is 0.848. The lowest BCUT2D eigenvalue weighted by molar-refractivity contribution is -0.133. The molecule has 0 fully saturated rings. The minimum Gasteiger partial charge on any atom is -0.423 e. The van der Waals surface area contributed by atoms with Crippen molar-refractivity contribution in [1.82, 2.24) is 5.32 Å². The van der Waals surface area contributed by atoms with Crippen molar-refractivity contribution >= 4 is 29.1 Å². The van der Waals surface area contributed by atoms with Crippen LogP contribution in [0.5, 0.6) is 0 Å². The van der Waals surface area contributed by atoms with E-state index >= 15 is 0 Å². The van der Waals surface area contributed by atoms with Gasteiger partial charge in [0.15, 0.2) is 0 Å². The third-order valence-corrected chi connectivity index (χ3v) is 4.05. The molecular weight excluding hydrogens is 345 g/mol. The Morgan fingerprint density at radius 1 is 1.16 bits per heavy atom. The van der Waals surface area contributed by atoms with Crippen LogP contribution in [0.4, 0.5) is 4.39 Å². The first-order valence-corrected chi connectivity index (χ1v) is 7.78. The van der Waals surface area contributed by atoms with Gasteiger partial charge in [0.05, 0.1) is 22.7 Å². The van der Waals surface area contributed by atoms with Gasteiger partial charge in [-0.25, -0.2) is 9.18 Å². The summed E-state index contributed by atoms with van der Waals surface area (Å²) >= 11 is 5.99. The molecule has 2 aromatic rings. The normalized spacial score (nSPS) is 13.8.